The number of hydrogen-bond acceptors (Lipinski definition) is 6. The van der Waals surface area contributed by atoms with Crippen LogP contribution in [0.3, 0.4) is 0 Å². The lowest BCUT2D eigenvalue weighted by Crippen LogP contribution is -2.49. The van der Waals surface area contributed by atoms with Crippen LogP contribution in [0.5, 0.6) is 0 Å². The van der Waals surface area contributed by atoms with E-state index >= 15 is 0 Å². The summed E-state index contributed by atoms with van der Waals surface area (Å²) in [4.78, 5) is 24.8. The molecule has 0 atom stereocenters. The summed E-state index contributed by atoms with van der Waals surface area (Å²) in [6, 6.07) is 21.4. The molecular formula is C29H26N4O4. The molecule has 8 nitrogen and oxygen atoms in total. The number of esters is 1. The van der Waals surface area contributed by atoms with Gasteiger partial charge < -0.3 is 14.5 Å². The quantitative estimate of drug-likeness (QED) is 0.280. The molecule has 1 N–H and O–H groups in total. The van der Waals surface area contributed by atoms with Gasteiger partial charge in [0, 0.05) is 23.2 Å². The number of carbonyl (C=O) groups is 2. The van der Waals surface area contributed by atoms with Crippen LogP contribution in [0.25, 0.3) is 34.2 Å². The molecule has 0 aliphatic heterocycles. The Morgan fingerprint density at radius 1 is 1.11 bits per heavy atom. The molecule has 186 valence electrons. The predicted octanol–water partition coefficient (Wildman–Crippen LogP) is 5.18. The number of ether oxygens (including phenoxy) is 1. The second-order valence-electron chi connectivity index (χ2n) is 9.11. The van der Waals surface area contributed by atoms with Crippen molar-refractivity contribution in [2.24, 2.45) is 0 Å². The smallest absolute Gasteiger partial charge is 0.331 e. The molecule has 37 heavy (non-hydrogen) atoms. The Morgan fingerprint density at radius 2 is 1.86 bits per heavy atom. The largest absolute Gasteiger partial charge is 0.454 e. The number of para-hydroxylation sites is 2. The highest BCUT2D eigenvalue weighted by Gasteiger charge is 2.33. The molecule has 2 aromatic carbocycles. The lowest BCUT2D eigenvalue weighted by molar-refractivity contribution is -0.144. The standard InChI is InChI=1S/C29H26N4O4/c30-20-29(15-7-2-8-16-29)31-26(34)19-36-27(35)14-13-22-18-33(23-10-3-1-4-11-23)32-28(22)25-17-21-9-5-6-12-24(21)37-25/h1,3-6,9-14,17-18H,2,7-8,15-16,19H2,(H,31,34)/b14-13-. The molecule has 8 heteroatoms. The molecule has 1 aliphatic carbocycles. The number of nitriles is 1. The number of amides is 1. The molecule has 1 aliphatic rings. The Kier molecular flexibility index (Phi) is 6.86. The van der Waals surface area contributed by atoms with Crippen LogP contribution in [0.4, 0.5) is 0 Å². The Labute approximate surface area is 214 Å². The van der Waals surface area contributed by atoms with E-state index in [1.54, 1.807) is 17.0 Å². The monoisotopic (exact) mass is 494 g/mol. The second kappa shape index (κ2) is 10.5. The first kappa shape index (κ1) is 24.1. The third-order valence-electron chi connectivity index (χ3n) is 6.47. The van der Waals surface area contributed by atoms with Crippen molar-refractivity contribution in [3.05, 3.63) is 78.5 Å². The molecule has 1 fully saturated rings. The van der Waals surface area contributed by atoms with E-state index in [1.807, 2.05) is 60.7 Å². The van der Waals surface area contributed by atoms with Crippen LogP contribution in [-0.4, -0.2) is 33.8 Å². The van der Waals surface area contributed by atoms with Crippen LogP contribution < -0.4 is 5.32 Å². The molecule has 0 unspecified atom stereocenters. The maximum absolute atomic E-state index is 12.4. The third kappa shape index (κ3) is 5.46. The number of rotatable bonds is 7. The van der Waals surface area contributed by atoms with Gasteiger partial charge in [-0.25, -0.2) is 9.48 Å². The maximum Gasteiger partial charge on any atom is 0.331 e. The number of benzene rings is 2. The average Bonchev–Trinajstić information content (AvgIpc) is 3.56. The van der Waals surface area contributed by atoms with Crippen molar-refractivity contribution in [1.29, 1.82) is 5.26 Å². The average molecular weight is 495 g/mol. The van der Waals surface area contributed by atoms with Gasteiger partial charge in [0.05, 0.1) is 11.8 Å². The second-order valence-corrected chi connectivity index (χ2v) is 9.11. The number of hydrogen-bond donors (Lipinski definition) is 1. The third-order valence-corrected chi connectivity index (χ3v) is 6.47. The minimum absolute atomic E-state index is 0.452. The zero-order valence-electron chi connectivity index (χ0n) is 20.2. The maximum atomic E-state index is 12.4. The summed E-state index contributed by atoms with van der Waals surface area (Å²) in [6.07, 6.45) is 8.70. The van der Waals surface area contributed by atoms with E-state index in [4.69, 9.17) is 14.3 Å². The molecule has 4 aromatic rings. The zero-order chi connectivity index (χ0) is 25.7. The topological polar surface area (TPSA) is 110 Å². The van der Waals surface area contributed by atoms with Crippen molar-refractivity contribution in [3.63, 3.8) is 0 Å². The highest BCUT2D eigenvalue weighted by atomic mass is 16.5. The molecule has 2 heterocycles. The van der Waals surface area contributed by atoms with Gasteiger partial charge in [-0.15, -0.1) is 0 Å². The van der Waals surface area contributed by atoms with Gasteiger partial charge in [-0.2, -0.15) is 10.4 Å². The fourth-order valence-corrected chi connectivity index (χ4v) is 4.58. The van der Waals surface area contributed by atoms with Gasteiger partial charge in [0.25, 0.3) is 5.91 Å². The van der Waals surface area contributed by atoms with Crippen molar-refractivity contribution < 1.29 is 18.7 Å². The molecule has 0 spiro atoms. The van der Waals surface area contributed by atoms with E-state index in [1.165, 1.54) is 6.08 Å². The van der Waals surface area contributed by atoms with E-state index < -0.39 is 24.0 Å². The van der Waals surface area contributed by atoms with Crippen molar-refractivity contribution in [3.8, 4) is 23.2 Å². The molecule has 2 aromatic heterocycles. The highest BCUT2D eigenvalue weighted by molar-refractivity contribution is 5.91. The summed E-state index contributed by atoms with van der Waals surface area (Å²) in [5, 5.41) is 17.9. The summed E-state index contributed by atoms with van der Waals surface area (Å²) < 4.78 is 12.9. The van der Waals surface area contributed by atoms with Crippen LogP contribution in [0.2, 0.25) is 0 Å². The van der Waals surface area contributed by atoms with Gasteiger partial charge in [0.2, 0.25) is 0 Å². The summed E-state index contributed by atoms with van der Waals surface area (Å²) in [7, 11) is 0. The molecule has 1 saturated carbocycles. The first-order valence-electron chi connectivity index (χ1n) is 12.3. The SMILES string of the molecule is N#CC1(NC(=O)COC(=O)/C=C\c2cn(-c3ccccc3)nc2-c2cc3ccccc3o2)CCCCC1. The molecule has 1 amide bonds. The fraction of sp³-hybridized carbons (Fsp3) is 0.241. The fourth-order valence-electron chi connectivity index (χ4n) is 4.58. The zero-order valence-corrected chi connectivity index (χ0v) is 20.2. The summed E-state index contributed by atoms with van der Waals surface area (Å²) in [6.45, 7) is -0.452. The first-order chi connectivity index (χ1) is 18.0. The summed E-state index contributed by atoms with van der Waals surface area (Å²) in [5.74, 6) is -0.588. The lowest BCUT2D eigenvalue weighted by Gasteiger charge is -2.31. The minimum atomic E-state index is -0.870. The van der Waals surface area contributed by atoms with Crippen molar-refractivity contribution in [1.82, 2.24) is 15.1 Å². The molecule has 0 bridgehead atoms. The first-order valence-corrected chi connectivity index (χ1v) is 12.3. The Bertz CT molecular complexity index is 1450. The van der Waals surface area contributed by atoms with Crippen LogP contribution in [0.15, 0.2) is 77.4 Å². The Morgan fingerprint density at radius 3 is 2.62 bits per heavy atom. The highest BCUT2D eigenvalue weighted by Crippen LogP contribution is 2.31. The van der Waals surface area contributed by atoms with Crippen molar-refractivity contribution in [2.45, 2.75) is 37.6 Å². The number of carbonyl (C=O) groups excluding carboxylic acids is 2. The number of aromatic nitrogens is 2. The Hall–Kier alpha value is -4.64. The van der Waals surface area contributed by atoms with Gasteiger partial charge in [0.1, 0.15) is 16.8 Å². The normalized spacial score (nSPS) is 14.9. The summed E-state index contributed by atoms with van der Waals surface area (Å²) >= 11 is 0. The van der Waals surface area contributed by atoms with E-state index in [9.17, 15) is 14.9 Å². The van der Waals surface area contributed by atoms with Crippen LogP contribution in [0.1, 0.15) is 37.7 Å². The lowest BCUT2D eigenvalue weighted by atomic mass is 9.83. The molecular weight excluding hydrogens is 468 g/mol. The number of nitrogens with one attached hydrogen (secondary N) is 1. The Balaban J connectivity index is 1.32. The van der Waals surface area contributed by atoms with Gasteiger partial charge in [0.15, 0.2) is 12.4 Å². The molecule has 0 radical (unpaired) electrons. The van der Waals surface area contributed by atoms with Gasteiger partial charge in [-0.3, -0.25) is 4.79 Å². The van der Waals surface area contributed by atoms with Gasteiger partial charge >= 0.3 is 5.97 Å². The van der Waals surface area contributed by atoms with E-state index in [0.29, 0.717) is 29.9 Å². The van der Waals surface area contributed by atoms with Crippen molar-refractivity contribution >= 4 is 28.9 Å². The molecule has 0 saturated heterocycles. The van der Waals surface area contributed by atoms with Crippen LogP contribution in [-0.2, 0) is 14.3 Å². The number of nitrogens with zero attached hydrogens (tertiary/aromatic N) is 3. The number of fused-ring (bicyclic) bond motifs is 1. The van der Waals surface area contributed by atoms with Gasteiger partial charge in [-0.05, 0) is 43.2 Å². The van der Waals surface area contributed by atoms with E-state index in [-0.39, 0.29) is 0 Å². The number of furan rings is 1. The summed E-state index contributed by atoms with van der Waals surface area (Å²) in [5.41, 5.74) is 1.93. The van der Waals surface area contributed by atoms with Crippen molar-refractivity contribution in [2.75, 3.05) is 6.61 Å². The van der Waals surface area contributed by atoms with E-state index in [0.717, 1.165) is 35.9 Å². The molecule has 5 rings (SSSR count). The predicted molar refractivity (Wildman–Crippen MR) is 138 cm³/mol. The van der Waals surface area contributed by atoms with E-state index in [2.05, 4.69) is 11.4 Å². The van der Waals surface area contributed by atoms with Crippen LogP contribution in [0, 0.1) is 11.3 Å². The minimum Gasteiger partial charge on any atom is -0.454 e. The van der Waals surface area contributed by atoms with Crippen LogP contribution >= 0.6 is 0 Å². The van der Waals surface area contributed by atoms with Gasteiger partial charge in [-0.1, -0.05) is 55.7 Å².